The molecule has 0 saturated carbocycles. The van der Waals surface area contributed by atoms with Crippen molar-refractivity contribution >= 4 is 65.5 Å². The summed E-state index contributed by atoms with van der Waals surface area (Å²) in [4.78, 5) is 9.92. The van der Waals surface area contributed by atoms with E-state index in [1.165, 1.54) is 43.7 Å². The molecule has 0 spiro atoms. The Morgan fingerprint density at radius 1 is 0.431 bits per heavy atom. The molecule has 4 aromatic heterocycles. The van der Waals surface area contributed by atoms with Crippen molar-refractivity contribution in [1.82, 2.24) is 19.1 Å². The van der Waals surface area contributed by atoms with Gasteiger partial charge in [0.15, 0.2) is 5.58 Å². The van der Waals surface area contributed by atoms with Crippen molar-refractivity contribution < 1.29 is 4.42 Å². The van der Waals surface area contributed by atoms with Gasteiger partial charge < -0.3 is 13.6 Å². The maximum atomic E-state index is 6.80. The van der Waals surface area contributed by atoms with Gasteiger partial charge in [-0.05, 0) is 123 Å². The van der Waals surface area contributed by atoms with Crippen LogP contribution in [-0.4, -0.2) is 19.1 Å². The summed E-state index contributed by atoms with van der Waals surface area (Å²) in [7, 11) is 0. The molecule has 0 aliphatic heterocycles. The van der Waals surface area contributed by atoms with E-state index in [9.17, 15) is 0 Å². The zero-order chi connectivity index (χ0) is 44.2. The summed E-state index contributed by atoms with van der Waals surface area (Å²) < 4.78 is 11.6. The fraction of sp³-hybridized carbons (Fsp3) is 0.133. The lowest BCUT2D eigenvalue weighted by molar-refractivity contribution is 0.590. The zero-order valence-corrected chi connectivity index (χ0v) is 37.5. The van der Waals surface area contributed by atoms with Gasteiger partial charge in [-0.15, -0.1) is 0 Å². The largest absolute Gasteiger partial charge is 0.436 e. The van der Waals surface area contributed by atoms with Crippen LogP contribution < -0.4 is 0 Å². The van der Waals surface area contributed by atoms with E-state index in [1.54, 1.807) is 0 Å². The molecule has 0 radical (unpaired) electrons. The Morgan fingerprint density at radius 2 is 1.02 bits per heavy atom. The summed E-state index contributed by atoms with van der Waals surface area (Å²) in [5.74, 6) is 0.578. The molecular weight excluding hydrogens is 793 g/mol. The fourth-order valence-corrected chi connectivity index (χ4v) is 9.85. The Bertz CT molecular complexity index is 3710. The van der Waals surface area contributed by atoms with Gasteiger partial charge in [-0.25, -0.2) is 4.98 Å². The van der Waals surface area contributed by atoms with E-state index in [0.29, 0.717) is 5.89 Å². The van der Waals surface area contributed by atoms with Gasteiger partial charge in [0.05, 0.1) is 27.8 Å². The van der Waals surface area contributed by atoms with Gasteiger partial charge in [0, 0.05) is 55.6 Å². The monoisotopic (exact) mass is 840 g/mol. The van der Waals surface area contributed by atoms with Crippen LogP contribution in [0.1, 0.15) is 52.7 Å². The van der Waals surface area contributed by atoms with Crippen molar-refractivity contribution in [3.8, 4) is 45.2 Å². The SMILES string of the molecule is CC(C)(C)c1ccc2c(c1)c1cc(C(C)(C)C)ccc1n2-c1ccc(-c2ccc(-n3c4ccccc4c4ccccc43)cc2-c2nc3c(ccc4cc(-c5ccccn5)ccc43)o2)cc1. The molecule has 12 rings (SSSR count). The minimum atomic E-state index is 0.0338. The molecule has 0 aliphatic carbocycles. The van der Waals surface area contributed by atoms with Crippen LogP contribution >= 0.6 is 0 Å². The van der Waals surface area contributed by atoms with Crippen LogP contribution in [-0.2, 0) is 10.8 Å². The molecule has 314 valence electrons. The fourth-order valence-electron chi connectivity index (χ4n) is 9.85. The first-order valence-electron chi connectivity index (χ1n) is 22.6. The molecule has 0 N–H and O–H groups in total. The minimum Gasteiger partial charge on any atom is -0.436 e. The molecule has 12 aromatic rings. The molecule has 8 aromatic carbocycles. The van der Waals surface area contributed by atoms with Crippen molar-refractivity contribution in [2.45, 2.75) is 52.4 Å². The van der Waals surface area contributed by atoms with E-state index in [0.717, 1.165) is 72.2 Å². The van der Waals surface area contributed by atoms with Crippen LogP contribution in [0.25, 0.3) is 111 Å². The number of benzene rings is 8. The van der Waals surface area contributed by atoms with Gasteiger partial charge in [-0.2, -0.15) is 0 Å². The summed E-state index contributed by atoms with van der Waals surface area (Å²) in [6.07, 6.45) is 1.83. The summed E-state index contributed by atoms with van der Waals surface area (Å²) >= 11 is 0. The highest BCUT2D eigenvalue weighted by Crippen LogP contribution is 2.42. The molecular formula is C60H48N4O. The minimum absolute atomic E-state index is 0.0338. The molecule has 0 unspecified atom stereocenters. The number of fused-ring (bicyclic) bond motifs is 9. The summed E-state index contributed by atoms with van der Waals surface area (Å²) in [5.41, 5.74) is 16.2. The lowest BCUT2D eigenvalue weighted by Gasteiger charge is -2.19. The lowest BCUT2D eigenvalue weighted by Crippen LogP contribution is -2.10. The molecule has 0 fully saturated rings. The Morgan fingerprint density at radius 3 is 1.65 bits per heavy atom. The van der Waals surface area contributed by atoms with Crippen LogP contribution in [0, 0.1) is 0 Å². The molecule has 0 aliphatic rings. The Labute approximate surface area is 378 Å². The molecule has 65 heavy (non-hydrogen) atoms. The van der Waals surface area contributed by atoms with Crippen LogP contribution in [0.15, 0.2) is 187 Å². The average Bonchev–Trinajstić information content (AvgIpc) is 4.01. The smallest absolute Gasteiger partial charge is 0.228 e. The number of nitrogens with zero attached hydrogens (tertiary/aromatic N) is 4. The molecule has 5 nitrogen and oxygen atoms in total. The van der Waals surface area contributed by atoms with Crippen LogP contribution in [0.4, 0.5) is 0 Å². The van der Waals surface area contributed by atoms with E-state index in [1.807, 2.05) is 30.5 Å². The van der Waals surface area contributed by atoms with E-state index in [-0.39, 0.29) is 10.8 Å². The van der Waals surface area contributed by atoms with Gasteiger partial charge >= 0.3 is 0 Å². The first kappa shape index (κ1) is 38.9. The predicted molar refractivity (Wildman–Crippen MR) is 272 cm³/mol. The highest BCUT2D eigenvalue weighted by atomic mass is 16.3. The third-order valence-corrected chi connectivity index (χ3v) is 13.3. The van der Waals surface area contributed by atoms with Crippen LogP contribution in [0.3, 0.4) is 0 Å². The number of rotatable bonds is 5. The Kier molecular flexibility index (Phi) is 8.60. The summed E-state index contributed by atoms with van der Waals surface area (Å²) in [5, 5.41) is 7.12. The second-order valence-electron chi connectivity index (χ2n) is 19.5. The van der Waals surface area contributed by atoms with Gasteiger partial charge in [-0.1, -0.05) is 133 Å². The maximum Gasteiger partial charge on any atom is 0.228 e. The third kappa shape index (κ3) is 6.36. The Hall–Kier alpha value is -7.76. The third-order valence-electron chi connectivity index (χ3n) is 13.3. The van der Waals surface area contributed by atoms with E-state index < -0.39 is 0 Å². The van der Waals surface area contributed by atoms with E-state index in [4.69, 9.17) is 9.40 Å². The van der Waals surface area contributed by atoms with E-state index in [2.05, 4.69) is 207 Å². The van der Waals surface area contributed by atoms with Gasteiger partial charge in [0.25, 0.3) is 0 Å². The quantitative estimate of drug-likeness (QED) is 0.173. The number of hydrogen-bond donors (Lipinski definition) is 0. The van der Waals surface area contributed by atoms with Crippen molar-refractivity contribution in [2.75, 3.05) is 0 Å². The molecule has 0 amide bonds. The number of oxazole rings is 1. The standard InChI is InChI=1S/C60H48N4O/c1-59(2,3)40-22-29-54-48(34-40)49-35-41(60(4,5)6)23-30-55(49)63(54)42-24-18-37(19-25-42)44-28-26-43(64-52-16-9-7-13-46(52)47-14-8-10-17-53(47)64)36-50(44)58-62-57-45-27-20-39(51-15-11-12-32-61-51)33-38(45)21-31-56(57)65-58/h7-36H,1-6H3. The van der Waals surface area contributed by atoms with Gasteiger partial charge in [0.1, 0.15) is 5.52 Å². The lowest BCUT2D eigenvalue weighted by atomic mass is 9.85. The van der Waals surface area contributed by atoms with Crippen molar-refractivity contribution in [3.05, 3.63) is 193 Å². The topological polar surface area (TPSA) is 48.8 Å². The molecule has 5 heteroatoms. The van der Waals surface area contributed by atoms with Crippen LogP contribution in [0.5, 0.6) is 0 Å². The second kappa shape index (κ2) is 14.4. The number of aromatic nitrogens is 4. The van der Waals surface area contributed by atoms with Crippen molar-refractivity contribution in [1.29, 1.82) is 0 Å². The number of hydrogen-bond acceptors (Lipinski definition) is 3. The van der Waals surface area contributed by atoms with Gasteiger partial charge in [-0.3, -0.25) is 4.98 Å². The first-order valence-corrected chi connectivity index (χ1v) is 22.6. The van der Waals surface area contributed by atoms with Crippen LogP contribution in [0.2, 0.25) is 0 Å². The average molecular weight is 841 g/mol. The highest BCUT2D eigenvalue weighted by Gasteiger charge is 2.23. The number of para-hydroxylation sites is 2. The highest BCUT2D eigenvalue weighted by molar-refractivity contribution is 6.11. The molecule has 4 heterocycles. The summed E-state index contributed by atoms with van der Waals surface area (Å²) in [6.45, 7) is 13.7. The first-order chi connectivity index (χ1) is 31.5. The number of pyridine rings is 1. The molecule has 0 atom stereocenters. The van der Waals surface area contributed by atoms with Crippen molar-refractivity contribution in [3.63, 3.8) is 0 Å². The van der Waals surface area contributed by atoms with E-state index >= 15 is 0 Å². The predicted octanol–water partition coefficient (Wildman–Crippen LogP) is 16.2. The summed E-state index contributed by atoms with van der Waals surface area (Å²) in [6, 6.07) is 63.7. The molecule has 0 saturated heterocycles. The second-order valence-corrected chi connectivity index (χ2v) is 19.5. The van der Waals surface area contributed by atoms with Crippen molar-refractivity contribution in [2.24, 2.45) is 0 Å². The Balaban J connectivity index is 1.03. The zero-order valence-electron chi connectivity index (χ0n) is 37.5. The normalized spacial score (nSPS) is 12.5. The van der Waals surface area contributed by atoms with Gasteiger partial charge in [0.2, 0.25) is 5.89 Å². The molecule has 0 bridgehead atoms. The maximum absolute atomic E-state index is 6.80.